The van der Waals surface area contributed by atoms with Crippen molar-refractivity contribution < 1.29 is 9.53 Å². The van der Waals surface area contributed by atoms with Crippen LogP contribution in [0.5, 0.6) is 0 Å². The van der Waals surface area contributed by atoms with Gasteiger partial charge in [0.25, 0.3) is 0 Å². The smallest absolute Gasteiger partial charge is 0.407 e. The first-order valence-electron chi connectivity index (χ1n) is 7.76. The summed E-state index contributed by atoms with van der Waals surface area (Å²) in [7, 11) is 0. The maximum atomic E-state index is 10.8. The Bertz CT molecular complexity index is 219. The third-order valence-electron chi connectivity index (χ3n) is 3.64. The average Bonchev–Trinajstić information content (AvgIpc) is 2.77. The molecule has 0 saturated carbocycles. The van der Waals surface area contributed by atoms with E-state index in [-0.39, 0.29) is 12.1 Å². The first-order chi connectivity index (χ1) is 8.83. The number of rotatable bonds is 11. The molecule has 1 saturated heterocycles. The molecule has 0 spiro atoms. The molecule has 0 aromatic carbocycles. The van der Waals surface area contributed by atoms with Crippen molar-refractivity contribution in [2.75, 3.05) is 6.61 Å². The van der Waals surface area contributed by atoms with Crippen LogP contribution < -0.4 is 5.32 Å². The lowest BCUT2D eigenvalue weighted by Crippen LogP contribution is -2.25. The van der Waals surface area contributed by atoms with Crippen molar-refractivity contribution in [1.29, 1.82) is 0 Å². The van der Waals surface area contributed by atoms with Gasteiger partial charge >= 0.3 is 6.09 Å². The van der Waals surface area contributed by atoms with Gasteiger partial charge in [-0.1, -0.05) is 71.1 Å². The molecule has 1 rings (SSSR count). The molecule has 0 aromatic rings. The molecule has 1 aliphatic heterocycles. The van der Waals surface area contributed by atoms with Gasteiger partial charge in [-0.2, -0.15) is 0 Å². The number of unbranched alkanes of at least 4 members (excludes halogenated alkanes) is 9. The van der Waals surface area contributed by atoms with Crippen molar-refractivity contribution in [2.24, 2.45) is 0 Å². The second kappa shape index (κ2) is 10.2. The van der Waals surface area contributed by atoms with Gasteiger partial charge in [-0.25, -0.2) is 4.79 Å². The van der Waals surface area contributed by atoms with E-state index in [0.29, 0.717) is 6.61 Å². The number of hydrogen-bond acceptors (Lipinski definition) is 2. The van der Waals surface area contributed by atoms with E-state index >= 15 is 0 Å². The highest BCUT2D eigenvalue weighted by atomic mass is 16.6. The maximum absolute atomic E-state index is 10.8. The second-order valence-corrected chi connectivity index (χ2v) is 5.41. The van der Waals surface area contributed by atoms with E-state index in [2.05, 4.69) is 12.2 Å². The largest absolute Gasteiger partial charge is 0.447 e. The predicted octanol–water partition coefficient (Wildman–Crippen LogP) is 4.41. The van der Waals surface area contributed by atoms with Crippen LogP contribution in [0, 0.1) is 0 Å². The van der Waals surface area contributed by atoms with E-state index in [9.17, 15) is 4.79 Å². The van der Waals surface area contributed by atoms with Crippen LogP contribution in [0.4, 0.5) is 4.79 Å². The molecule has 3 nitrogen and oxygen atoms in total. The van der Waals surface area contributed by atoms with E-state index in [1.807, 2.05) is 0 Å². The van der Waals surface area contributed by atoms with Crippen LogP contribution >= 0.6 is 0 Å². The minimum atomic E-state index is -0.243. The summed E-state index contributed by atoms with van der Waals surface area (Å²) in [6, 6.07) is 0.270. The number of alkyl carbamates (subject to hydrolysis) is 1. The monoisotopic (exact) mass is 255 g/mol. The molecule has 1 N–H and O–H groups in total. The minimum Gasteiger partial charge on any atom is -0.447 e. The summed E-state index contributed by atoms with van der Waals surface area (Å²) >= 11 is 0. The number of nitrogens with one attached hydrogen (secondary N) is 1. The highest BCUT2D eigenvalue weighted by Crippen LogP contribution is 2.13. The number of hydrogen-bond donors (Lipinski definition) is 1. The molecular formula is C15H29NO2. The number of amides is 1. The topological polar surface area (TPSA) is 38.3 Å². The van der Waals surface area contributed by atoms with Crippen molar-refractivity contribution in [1.82, 2.24) is 5.32 Å². The van der Waals surface area contributed by atoms with Gasteiger partial charge < -0.3 is 10.1 Å². The molecule has 1 fully saturated rings. The van der Waals surface area contributed by atoms with Crippen molar-refractivity contribution in [3.63, 3.8) is 0 Å². The molecule has 1 atom stereocenters. The summed E-state index contributed by atoms with van der Waals surface area (Å²) < 4.78 is 4.86. The van der Waals surface area contributed by atoms with Gasteiger partial charge in [0, 0.05) is 0 Å². The fourth-order valence-electron chi connectivity index (χ4n) is 2.46. The van der Waals surface area contributed by atoms with Gasteiger partial charge in [0.05, 0.1) is 6.04 Å². The summed E-state index contributed by atoms with van der Waals surface area (Å²) in [5.74, 6) is 0. The molecule has 1 heterocycles. The third kappa shape index (κ3) is 7.57. The van der Waals surface area contributed by atoms with Crippen LogP contribution in [0.15, 0.2) is 0 Å². The van der Waals surface area contributed by atoms with Crippen molar-refractivity contribution in [3.8, 4) is 0 Å². The van der Waals surface area contributed by atoms with Gasteiger partial charge in [0.15, 0.2) is 0 Å². The third-order valence-corrected chi connectivity index (χ3v) is 3.64. The van der Waals surface area contributed by atoms with Crippen molar-refractivity contribution in [2.45, 2.75) is 83.6 Å². The number of ether oxygens (including phenoxy) is 1. The lowest BCUT2D eigenvalue weighted by atomic mass is 10.0. The Morgan fingerprint density at radius 2 is 1.56 bits per heavy atom. The molecule has 1 unspecified atom stereocenters. The first-order valence-corrected chi connectivity index (χ1v) is 7.76. The summed E-state index contributed by atoms with van der Waals surface area (Å²) in [5.41, 5.74) is 0. The van der Waals surface area contributed by atoms with Crippen LogP contribution in [0.1, 0.15) is 77.6 Å². The van der Waals surface area contributed by atoms with Crippen LogP contribution in [-0.4, -0.2) is 18.7 Å². The van der Waals surface area contributed by atoms with E-state index in [1.165, 1.54) is 64.2 Å². The van der Waals surface area contributed by atoms with Crippen molar-refractivity contribution in [3.05, 3.63) is 0 Å². The lowest BCUT2D eigenvalue weighted by molar-refractivity contribution is 0.176. The van der Waals surface area contributed by atoms with Gasteiger partial charge in [0.2, 0.25) is 0 Å². The van der Waals surface area contributed by atoms with Gasteiger partial charge in [-0.05, 0) is 6.42 Å². The van der Waals surface area contributed by atoms with Crippen LogP contribution in [0.3, 0.4) is 0 Å². The Kier molecular flexibility index (Phi) is 8.70. The van der Waals surface area contributed by atoms with E-state index in [1.54, 1.807) is 0 Å². The Hall–Kier alpha value is -0.730. The van der Waals surface area contributed by atoms with Gasteiger partial charge in [0.1, 0.15) is 6.61 Å². The molecule has 1 aliphatic rings. The van der Waals surface area contributed by atoms with Crippen LogP contribution in [0.2, 0.25) is 0 Å². The van der Waals surface area contributed by atoms with Crippen LogP contribution in [0.25, 0.3) is 0 Å². The van der Waals surface area contributed by atoms with E-state index in [0.717, 1.165) is 6.42 Å². The molecular weight excluding hydrogens is 226 g/mol. The fourth-order valence-corrected chi connectivity index (χ4v) is 2.46. The Balaban J connectivity index is 1.75. The predicted molar refractivity (Wildman–Crippen MR) is 74.7 cm³/mol. The number of cyclic esters (lactones) is 1. The SMILES string of the molecule is CCCCCCCCCCCCC1COC(=O)N1. The minimum absolute atomic E-state index is 0.243. The summed E-state index contributed by atoms with van der Waals surface area (Å²) in [4.78, 5) is 10.8. The molecule has 106 valence electrons. The van der Waals surface area contributed by atoms with Gasteiger partial charge in [-0.15, -0.1) is 0 Å². The highest BCUT2D eigenvalue weighted by Gasteiger charge is 2.20. The van der Waals surface area contributed by atoms with Crippen molar-refractivity contribution >= 4 is 6.09 Å². The second-order valence-electron chi connectivity index (χ2n) is 5.41. The molecule has 1 amide bonds. The normalized spacial score (nSPS) is 18.7. The molecule has 0 radical (unpaired) electrons. The lowest BCUT2D eigenvalue weighted by Gasteiger charge is -2.06. The zero-order chi connectivity index (χ0) is 13.1. The zero-order valence-corrected chi connectivity index (χ0v) is 11.9. The van der Waals surface area contributed by atoms with E-state index in [4.69, 9.17) is 4.74 Å². The fraction of sp³-hybridized carbons (Fsp3) is 0.933. The Labute approximate surface area is 112 Å². The van der Waals surface area contributed by atoms with Crippen LogP contribution in [-0.2, 0) is 4.74 Å². The summed E-state index contributed by atoms with van der Waals surface area (Å²) in [6.07, 6.45) is 14.4. The number of carbonyl (C=O) groups excluding carboxylic acids is 1. The average molecular weight is 255 g/mol. The summed E-state index contributed by atoms with van der Waals surface area (Å²) in [5, 5.41) is 2.82. The molecule has 3 heteroatoms. The molecule has 0 aliphatic carbocycles. The summed E-state index contributed by atoms with van der Waals surface area (Å²) in [6.45, 7) is 2.83. The maximum Gasteiger partial charge on any atom is 0.407 e. The molecule has 18 heavy (non-hydrogen) atoms. The zero-order valence-electron chi connectivity index (χ0n) is 11.9. The first kappa shape index (κ1) is 15.3. The quantitative estimate of drug-likeness (QED) is 0.555. The Morgan fingerprint density at radius 3 is 2.06 bits per heavy atom. The number of carbonyl (C=O) groups is 1. The standard InChI is InChI=1S/C15H29NO2/c1-2-3-4-5-6-7-8-9-10-11-12-14-13-18-15(17)16-14/h14H,2-13H2,1H3,(H,16,17). The van der Waals surface area contributed by atoms with E-state index < -0.39 is 0 Å². The van der Waals surface area contributed by atoms with Gasteiger partial charge in [-0.3, -0.25) is 0 Å². The molecule has 0 aromatic heterocycles. The molecule has 0 bridgehead atoms. The highest BCUT2D eigenvalue weighted by molar-refractivity contribution is 5.69. The Morgan fingerprint density at radius 1 is 1.00 bits per heavy atom.